The molecule has 1 atom stereocenters. The smallest absolute Gasteiger partial charge is 0.214 e. The molecule has 0 spiro atoms. The molecule has 0 bridgehead atoms. The maximum Gasteiger partial charge on any atom is 0.214 e. The number of sulfonamides is 1. The fourth-order valence-corrected chi connectivity index (χ4v) is 4.75. The molecule has 1 aliphatic heterocycles. The second kappa shape index (κ2) is 4.62. The Morgan fingerprint density at radius 3 is 2.19 bits per heavy atom. The summed E-state index contributed by atoms with van der Waals surface area (Å²) in [5.74, 6) is 0.144. The molecule has 0 aliphatic carbocycles. The Labute approximate surface area is 97.8 Å². The summed E-state index contributed by atoms with van der Waals surface area (Å²) < 4.78 is 47.6. The minimum Gasteiger partial charge on any atom is -0.229 e. The molecule has 1 unspecified atom stereocenters. The van der Waals surface area contributed by atoms with Gasteiger partial charge >= 0.3 is 0 Å². The summed E-state index contributed by atoms with van der Waals surface area (Å²) in [6.45, 7) is 4.12. The molecule has 0 aromatic carbocycles. The molecule has 0 saturated carbocycles. The monoisotopic (exact) mass is 269 g/mol. The fraction of sp³-hybridized carbons (Fsp3) is 1.00. The molecule has 1 heterocycles. The first-order valence-corrected chi connectivity index (χ1v) is 8.86. The number of hydrogen-bond donors (Lipinski definition) is 0. The van der Waals surface area contributed by atoms with Gasteiger partial charge in [-0.2, -0.15) is 0 Å². The zero-order valence-electron chi connectivity index (χ0n) is 9.88. The van der Waals surface area contributed by atoms with Crippen LogP contribution in [-0.4, -0.2) is 51.5 Å². The van der Waals surface area contributed by atoms with Crippen molar-refractivity contribution in [1.82, 2.24) is 4.31 Å². The summed E-state index contributed by atoms with van der Waals surface area (Å²) in [4.78, 5) is 0. The lowest BCUT2D eigenvalue weighted by molar-refractivity contribution is 0.469. The molecule has 0 radical (unpaired) electrons. The van der Waals surface area contributed by atoms with Crippen molar-refractivity contribution in [3.05, 3.63) is 0 Å². The first-order chi connectivity index (χ1) is 7.13. The van der Waals surface area contributed by atoms with E-state index in [1.54, 1.807) is 0 Å². The quantitative estimate of drug-likeness (QED) is 0.725. The van der Waals surface area contributed by atoms with Gasteiger partial charge in [0.2, 0.25) is 10.0 Å². The lowest BCUT2D eigenvalue weighted by atomic mass is 10.3. The van der Waals surface area contributed by atoms with Crippen molar-refractivity contribution in [2.24, 2.45) is 5.92 Å². The number of sulfone groups is 1. The minimum atomic E-state index is -3.28. The summed E-state index contributed by atoms with van der Waals surface area (Å²) in [5, 5.41) is -0.533. The molecule has 1 saturated heterocycles. The summed E-state index contributed by atoms with van der Waals surface area (Å²) in [5.41, 5.74) is 0. The standard InChI is InChI=1S/C9H19NO4S2/c1-8(2)7-16(13,14)10-5-4-9(6-10)15(3,11)12/h8-9H,4-7H2,1-3H3. The van der Waals surface area contributed by atoms with Crippen LogP contribution >= 0.6 is 0 Å². The van der Waals surface area contributed by atoms with Crippen LogP contribution in [0, 0.1) is 5.92 Å². The topological polar surface area (TPSA) is 71.5 Å². The zero-order chi connectivity index (χ0) is 12.6. The van der Waals surface area contributed by atoms with Gasteiger partial charge in [-0.3, -0.25) is 0 Å². The van der Waals surface area contributed by atoms with Gasteiger partial charge in [0.1, 0.15) is 0 Å². The normalized spacial score (nSPS) is 24.1. The van der Waals surface area contributed by atoms with E-state index in [0.717, 1.165) is 6.26 Å². The van der Waals surface area contributed by atoms with E-state index in [0.29, 0.717) is 13.0 Å². The molecule has 0 aromatic rings. The lowest BCUT2D eigenvalue weighted by Crippen LogP contribution is -2.34. The average Bonchev–Trinajstić information content (AvgIpc) is 2.47. The zero-order valence-corrected chi connectivity index (χ0v) is 11.5. The molecule has 16 heavy (non-hydrogen) atoms. The van der Waals surface area contributed by atoms with Gasteiger partial charge in [0.05, 0.1) is 11.0 Å². The molecule has 0 aromatic heterocycles. The summed E-state index contributed by atoms with van der Waals surface area (Å²) in [7, 11) is -6.41. The van der Waals surface area contributed by atoms with Crippen LogP contribution in [0.1, 0.15) is 20.3 Å². The third kappa shape index (κ3) is 3.43. The largest absolute Gasteiger partial charge is 0.229 e. The van der Waals surface area contributed by atoms with E-state index in [-0.39, 0.29) is 18.2 Å². The maximum atomic E-state index is 11.8. The summed E-state index contributed by atoms with van der Waals surface area (Å²) >= 11 is 0. The van der Waals surface area contributed by atoms with Gasteiger partial charge in [-0.05, 0) is 12.3 Å². The van der Waals surface area contributed by atoms with Gasteiger partial charge in [0, 0.05) is 19.3 Å². The van der Waals surface area contributed by atoms with E-state index < -0.39 is 25.1 Å². The van der Waals surface area contributed by atoms with E-state index in [9.17, 15) is 16.8 Å². The van der Waals surface area contributed by atoms with Gasteiger partial charge in [-0.15, -0.1) is 0 Å². The highest BCUT2D eigenvalue weighted by atomic mass is 32.2. The van der Waals surface area contributed by atoms with Gasteiger partial charge in [0.15, 0.2) is 9.84 Å². The molecule has 1 rings (SSSR count). The first-order valence-electron chi connectivity index (χ1n) is 5.29. The average molecular weight is 269 g/mol. The molecule has 96 valence electrons. The first kappa shape index (κ1) is 13.9. The Balaban J connectivity index is 2.74. The van der Waals surface area contributed by atoms with Crippen molar-refractivity contribution in [1.29, 1.82) is 0 Å². The minimum absolute atomic E-state index is 0.0577. The van der Waals surface area contributed by atoms with E-state index in [4.69, 9.17) is 0 Å². The van der Waals surface area contributed by atoms with Crippen LogP contribution in [0.2, 0.25) is 0 Å². The molecule has 0 N–H and O–H groups in total. The van der Waals surface area contributed by atoms with Crippen LogP contribution in [0.4, 0.5) is 0 Å². The fourth-order valence-electron chi connectivity index (χ4n) is 1.83. The van der Waals surface area contributed by atoms with Gasteiger partial charge < -0.3 is 0 Å². The molecular weight excluding hydrogens is 250 g/mol. The third-order valence-electron chi connectivity index (χ3n) is 2.65. The Morgan fingerprint density at radius 1 is 1.25 bits per heavy atom. The predicted octanol–water partition coefficient (Wildman–Crippen LogP) is 0.0911. The second-order valence-electron chi connectivity index (χ2n) is 4.77. The van der Waals surface area contributed by atoms with Crippen LogP contribution < -0.4 is 0 Å². The summed E-state index contributed by atoms with van der Waals surface area (Å²) in [6, 6.07) is 0. The molecule has 0 amide bonds. The Hall–Kier alpha value is -0.140. The van der Waals surface area contributed by atoms with E-state index >= 15 is 0 Å². The maximum absolute atomic E-state index is 11.8. The third-order valence-corrected chi connectivity index (χ3v) is 6.45. The Bertz CT molecular complexity index is 438. The number of hydrogen-bond acceptors (Lipinski definition) is 4. The molecule has 1 fully saturated rings. The SMILES string of the molecule is CC(C)CS(=O)(=O)N1CCC(S(C)(=O)=O)C1. The van der Waals surface area contributed by atoms with E-state index in [1.165, 1.54) is 4.31 Å². The highest BCUT2D eigenvalue weighted by Crippen LogP contribution is 2.20. The predicted molar refractivity (Wildman–Crippen MR) is 63.4 cm³/mol. The highest BCUT2D eigenvalue weighted by molar-refractivity contribution is 7.91. The van der Waals surface area contributed by atoms with Crippen molar-refractivity contribution >= 4 is 19.9 Å². The Kier molecular flexibility index (Phi) is 4.02. The van der Waals surface area contributed by atoms with Gasteiger partial charge in [0.25, 0.3) is 0 Å². The van der Waals surface area contributed by atoms with E-state index in [1.807, 2.05) is 13.8 Å². The Morgan fingerprint density at radius 2 is 1.81 bits per heavy atom. The number of rotatable bonds is 4. The highest BCUT2D eigenvalue weighted by Gasteiger charge is 2.36. The van der Waals surface area contributed by atoms with Crippen molar-refractivity contribution in [3.8, 4) is 0 Å². The molecular formula is C9H19NO4S2. The summed E-state index contributed by atoms with van der Waals surface area (Å²) in [6.07, 6.45) is 1.58. The van der Waals surface area contributed by atoms with E-state index in [2.05, 4.69) is 0 Å². The molecule has 5 nitrogen and oxygen atoms in total. The van der Waals surface area contributed by atoms with Crippen LogP contribution in [0.5, 0.6) is 0 Å². The second-order valence-corrected chi connectivity index (χ2v) is 9.11. The molecule has 1 aliphatic rings. The number of nitrogens with zero attached hydrogens (tertiary/aromatic N) is 1. The van der Waals surface area contributed by atoms with Gasteiger partial charge in [-0.1, -0.05) is 13.8 Å². The van der Waals surface area contributed by atoms with Crippen molar-refractivity contribution < 1.29 is 16.8 Å². The van der Waals surface area contributed by atoms with Crippen molar-refractivity contribution in [2.45, 2.75) is 25.5 Å². The van der Waals surface area contributed by atoms with Gasteiger partial charge in [-0.25, -0.2) is 21.1 Å². The lowest BCUT2D eigenvalue weighted by Gasteiger charge is -2.17. The van der Waals surface area contributed by atoms with Crippen LogP contribution in [0.15, 0.2) is 0 Å². The molecule has 7 heteroatoms. The van der Waals surface area contributed by atoms with Crippen LogP contribution in [0.25, 0.3) is 0 Å². The van der Waals surface area contributed by atoms with Crippen molar-refractivity contribution in [3.63, 3.8) is 0 Å². The van der Waals surface area contributed by atoms with Crippen LogP contribution in [-0.2, 0) is 19.9 Å². The van der Waals surface area contributed by atoms with Crippen molar-refractivity contribution in [2.75, 3.05) is 25.1 Å². The van der Waals surface area contributed by atoms with Crippen LogP contribution in [0.3, 0.4) is 0 Å².